The molecule has 0 aromatic heterocycles. The van der Waals surface area contributed by atoms with Crippen molar-refractivity contribution in [3.63, 3.8) is 0 Å². The Morgan fingerprint density at radius 2 is 2.35 bits per heavy atom. The maximum absolute atomic E-state index is 11.4. The number of carbonyl (C=O) groups is 2. The lowest BCUT2D eigenvalue weighted by molar-refractivity contribution is -0.138. The van der Waals surface area contributed by atoms with Crippen LogP contribution in [0.5, 0.6) is 0 Å². The van der Waals surface area contributed by atoms with Gasteiger partial charge >= 0.3 is 12.1 Å². The molecule has 0 radical (unpaired) electrons. The van der Waals surface area contributed by atoms with Gasteiger partial charge in [-0.1, -0.05) is 6.07 Å². The standard InChI is InChI=1S/C11H8N2O4/c12-5-7-2-1-3-8(4-7)13-9(10(14)15)6-17-11(13)16/h1-4,9H,6H2,(H,14,15). The van der Waals surface area contributed by atoms with Gasteiger partial charge in [-0.2, -0.15) is 5.26 Å². The number of nitrogens with zero attached hydrogens (tertiary/aromatic N) is 2. The maximum Gasteiger partial charge on any atom is 0.415 e. The number of benzene rings is 1. The van der Waals surface area contributed by atoms with E-state index in [1.165, 1.54) is 6.07 Å². The predicted octanol–water partition coefficient (Wildman–Crippen LogP) is 0.968. The molecule has 0 saturated carbocycles. The van der Waals surface area contributed by atoms with E-state index in [4.69, 9.17) is 15.1 Å². The third-order valence-corrected chi connectivity index (χ3v) is 2.41. The van der Waals surface area contributed by atoms with Crippen LogP contribution < -0.4 is 4.90 Å². The number of amides is 1. The summed E-state index contributed by atoms with van der Waals surface area (Å²) in [6.07, 6.45) is -0.715. The van der Waals surface area contributed by atoms with Crippen LogP contribution in [-0.2, 0) is 9.53 Å². The lowest BCUT2D eigenvalue weighted by Crippen LogP contribution is -2.39. The Kier molecular flexibility index (Phi) is 2.66. The molecule has 6 heteroatoms. The summed E-state index contributed by atoms with van der Waals surface area (Å²) in [5, 5.41) is 17.7. The Bertz CT molecular complexity index is 520. The van der Waals surface area contributed by atoms with Crippen molar-refractivity contribution in [2.24, 2.45) is 0 Å². The topological polar surface area (TPSA) is 90.6 Å². The Morgan fingerprint density at radius 1 is 1.59 bits per heavy atom. The number of nitriles is 1. The zero-order valence-corrected chi connectivity index (χ0v) is 8.66. The van der Waals surface area contributed by atoms with Crippen molar-refractivity contribution in [3.05, 3.63) is 29.8 Å². The molecule has 1 aliphatic heterocycles. The van der Waals surface area contributed by atoms with Gasteiger partial charge in [0.2, 0.25) is 0 Å². The molecule has 0 aliphatic carbocycles. The molecule has 17 heavy (non-hydrogen) atoms. The van der Waals surface area contributed by atoms with E-state index in [1.807, 2.05) is 6.07 Å². The Labute approximate surface area is 96.6 Å². The number of rotatable bonds is 2. The van der Waals surface area contributed by atoms with E-state index in [0.717, 1.165) is 4.90 Å². The first-order chi connectivity index (χ1) is 8.13. The van der Waals surface area contributed by atoms with Crippen LogP contribution in [0.2, 0.25) is 0 Å². The minimum absolute atomic E-state index is 0.190. The number of carboxylic acids is 1. The van der Waals surface area contributed by atoms with Crippen LogP contribution in [0.15, 0.2) is 24.3 Å². The van der Waals surface area contributed by atoms with Gasteiger partial charge in [0.05, 0.1) is 11.6 Å². The highest BCUT2D eigenvalue weighted by atomic mass is 16.6. The third kappa shape index (κ3) is 1.90. The van der Waals surface area contributed by atoms with Gasteiger partial charge in [0.25, 0.3) is 0 Å². The highest BCUT2D eigenvalue weighted by Gasteiger charge is 2.39. The van der Waals surface area contributed by atoms with Gasteiger partial charge in [-0.05, 0) is 18.2 Å². The highest BCUT2D eigenvalue weighted by molar-refractivity contribution is 5.97. The van der Waals surface area contributed by atoms with E-state index in [2.05, 4.69) is 0 Å². The van der Waals surface area contributed by atoms with Crippen molar-refractivity contribution < 1.29 is 19.4 Å². The van der Waals surface area contributed by atoms with Crippen molar-refractivity contribution in [1.29, 1.82) is 5.26 Å². The van der Waals surface area contributed by atoms with Gasteiger partial charge in [-0.3, -0.25) is 4.90 Å². The Hall–Kier alpha value is -2.55. The summed E-state index contributed by atoms with van der Waals surface area (Å²) in [6, 6.07) is 7.04. The first-order valence-electron chi connectivity index (χ1n) is 4.82. The second-order valence-corrected chi connectivity index (χ2v) is 3.46. The van der Waals surface area contributed by atoms with E-state index < -0.39 is 18.1 Å². The quantitative estimate of drug-likeness (QED) is 0.820. The summed E-state index contributed by atoms with van der Waals surface area (Å²) < 4.78 is 4.69. The molecule has 0 spiro atoms. The molecule has 1 atom stereocenters. The summed E-state index contributed by atoms with van der Waals surface area (Å²) in [5.74, 6) is -1.14. The van der Waals surface area contributed by atoms with E-state index >= 15 is 0 Å². The van der Waals surface area contributed by atoms with Crippen LogP contribution in [0.25, 0.3) is 0 Å². The molecule has 1 aliphatic rings. The molecule has 1 fully saturated rings. The number of carboxylic acid groups (broad SMARTS) is 1. The maximum atomic E-state index is 11.4. The van der Waals surface area contributed by atoms with Crippen LogP contribution >= 0.6 is 0 Å². The summed E-state index contributed by atoms with van der Waals surface area (Å²) in [5.41, 5.74) is 0.699. The SMILES string of the molecule is N#Cc1cccc(N2C(=O)OCC2C(=O)O)c1. The molecule has 86 valence electrons. The van der Waals surface area contributed by atoms with Crippen LogP contribution in [-0.4, -0.2) is 29.8 Å². The second kappa shape index (κ2) is 4.14. The molecule has 1 heterocycles. The molecular weight excluding hydrogens is 224 g/mol. The molecule has 0 bridgehead atoms. The fourth-order valence-corrected chi connectivity index (χ4v) is 1.61. The molecule has 6 nitrogen and oxygen atoms in total. The smallest absolute Gasteiger partial charge is 0.415 e. The van der Waals surface area contributed by atoms with Crippen LogP contribution in [0.4, 0.5) is 10.5 Å². The fraction of sp³-hybridized carbons (Fsp3) is 0.182. The monoisotopic (exact) mass is 232 g/mol. The number of hydrogen-bond acceptors (Lipinski definition) is 4. The number of ether oxygens (including phenoxy) is 1. The Morgan fingerprint density at radius 3 is 3.00 bits per heavy atom. The second-order valence-electron chi connectivity index (χ2n) is 3.46. The molecule has 1 aromatic rings. The normalized spacial score (nSPS) is 18.6. The lowest BCUT2D eigenvalue weighted by Gasteiger charge is -2.17. The largest absolute Gasteiger partial charge is 0.480 e. The van der Waals surface area contributed by atoms with Gasteiger partial charge in [0.1, 0.15) is 6.61 Å². The van der Waals surface area contributed by atoms with Gasteiger partial charge in [-0.25, -0.2) is 9.59 Å². The fourth-order valence-electron chi connectivity index (χ4n) is 1.61. The first kappa shape index (κ1) is 11.0. The average molecular weight is 232 g/mol. The predicted molar refractivity (Wildman–Crippen MR) is 56.4 cm³/mol. The number of carbonyl (C=O) groups excluding carboxylic acids is 1. The van der Waals surface area contributed by atoms with E-state index in [-0.39, 0.29) is 6.61 Å². The molecule has 1 aromatic carbocycles. The summed E-state index contributed by atoms with van der Waals surface area (Å²) in [4.78, 5) is 23.4. The molecule has 1 N–H and O–H groups in total. The number of cyclic esters (lactones) is 1. The van der Waals surface area contributed by atoms with Crippen LogP contribution in [0.3, 0.4) is 0 Å². The molecular formula is C11H8N2O4. The van der Waals surface area contributed by atoms with Gasteiger partial charge < -0.3 is 9.84 Å². The number of aliphatic carboxylic acids is 1. The van der Waals surface area contributed by atoms with Crippen LogP contribution in [0, 0.1) is 11.3 Å². The lowest BCUT2D eigenvalue weighted by atomic mass is 10.2. The zero-order valence-electron chi connectivity index (χ0n) is 8.66. The first-order valence-corrected chi connectivity index (χ1v) is 4.82. The van der Waals surface area contributed by atoms with Crippen molar-refractivity contribution in [2.45, 2.75) is 6.04 Å². The third-order valence-electron chi connectivity index (χ3n) is 2.41. The highest BCUT2D eigenvalue weighted by Crippen LogP contribution is 2.24. The van der Waals surface area contributed by atoms with Crippen molar-refractivity contribution in [1.82, 2.24) is 0 Å². The minimum atomic E-state index is -1.14. The zero-order chi connectivity index (χ0) is 12.4. The Balaban J connectivity index is 2.40. The number of anilines is 1. The van der Waals surface area contributed by atoms with Crippen molar-refractivity contribution in [3.8, 4) is 6.07 Å². The van der Waals surface area contributed by atoms with E-state index in [9.17, 15) is 9.59 Å². The van der Waals surface area contributed by atoms with E-state index in [0.29, 0.717) is 11.3 Å². The van der Waals surface area contributed by atoms with E-state index in [1.54, 1.807) is 18.2 Å². The minimum Gasteiger partial charge on any atom is -0.480 e. The van der Waals surface area contributed by atoms with Crippen molar-refractivity contribution in [2.75, 3.05) is 11.5 Å². The summed E-state index contributed by atoms with van der Waals surface area (Å²) in [6.45, 7) is -0.190. The summed E-state index contributed by atoms with van der Waals surface area (Å²) in [7, 11) is 0. The molecule has 1 unspecified atom stereocenters. The van der Waals surface area contributed by atoms with Gasteiger partial charge in [0, 0.05) is 5.69 Å². The number of hydrogen-bond donors (Lipinski definition) is 1. The van der Waals surface area contributed by atoms with Gasteiger partial charge in [0.15, 0.2) is 6.04 Å². The van der Waals surface area contributed by atoms with Crippen molar-refractivity contribution >= 4 is 17.7 Å². The summed E-state index contributed by atoms with van der Waals surface area (Å²) >= 11 is 0. The van der Waals surface area contributed by atoms with Crippen LogP contribution in [0.1, 0.15) is 5.56 Å². The average Bonchev–Trinajstić information content (AvgIpc) is 2.71. The molecule has 1 saturated heterocycles. The molecule has 1 amide bonds. The molecule has 2 rings (SSSR count). The van der Waals surface area contributed by atoms with Gasteiger partial charge in [-0.15, -0.1) is 0 Å².